The molecule has 132 valence electrons. The van der Waals surface area contributed by atoms with E-state index in [2.05, 4.69) is 12.2 Å². The summed E-state index contributed by atoms with van der Waals surface area (Å²) in [5, 5.41) is 2.99. The Labute approximate surface area is 143 Å². The molecule has 2 atom stereocenters. The van der Waals surface area contributed by atoms with Gasteiger partial charge in [0.2, 0.25) is 11.8 Å². The van der Waals surface area contributed by atoms with Crippen molar-refractivity contribution in [3.63, 3.8) is 0 Å². The lowest BCUT2D eigenvalue weighted by atomic mass is 10.1. The lowest BCUT2D eigenvalue weighted by Gasteiger charge is -2.21. The summed E-state index contributed by atoms with van der Waals surface area (Å²) in [7, 11) is 3.13. The van der Waals surface area contributed by atoms with E-state index in [9.17, 15) is 9.59 Å². The summed E-state index contributed by atoms with van der Waals surface area (Å²) in [5.74, 6) is 0.749. The fraction of sp³-hybridized carbons (Fsp3) is 0.556. The SMILES string of the molecule is CCC[C@H](C)NC(=O)[C@@H]1CC(=O)N(c2cc(OC)ccc2OC)C1. The summed E-state index contributed by atoms with van der Waals surface area (Å²) >= 11 is 0. The van der Waals surface area contributed by atoms with E-state index < -0.39 is 0 Å². The normalized spacial score (nSPS) is 18.4. The first kappa shape index (κ1) is 18.1. The van der Waals surface area contributed by atoms with Gasteiger partial charge in [0.05, 0.1) is 25.8 Å². The van der Waals surface area contributed by atoms with Crippen LogP contribution in [-0.2, 0) is 9.59 Å². The van der Waals surface area contributed by atoms with Crippen molar-refractivity contribution in [2.24, 2.45) is 5.92 Å². The molecule has 0 aliphatic carbocycles. The van der Waals surface area contributed by atoms with Crippen LogP contribution >= 0.6 is 0 Å². The summed E-state index contributed by atoms with van der Waals surface area (Å²) in [6.45, 7) is 4.42. The van der Waals surface area contributed by atoms with Crippen LogP contribution in [0.1, 0.15) is 33.1 Å². The number of benzene rings is 1. The van der Waals surface area contributed by atoms with E-state index in [1.54, 1.807) is 37.3 Å². The number of nitrogens with zero attached hydrogens (tertiary/aromatic N) is 1. The molecule has 1 aromatic rings. The predicted octanol–water partition coefficient (Wildman–Crippen LogP) is 2.36. The van der Waals surface area contributed by atoms with Gasteiger partial charge in [-0.2, -0.15) is 0 Å². The maximum atomic E-state index is 12.4. The van der Waals surface area contributed by atoms with Crippen LogP contribution in [0.3, 0.4) is 0 Å². The van der Waals surface area contributed by atoms with E-state index >= 15 is 0 Å². The number of ether oxygens (including phenoxy) is 2. The van der Waals surface area contributed by atoms with Crippen LogP contribution in [0.15, 0.2) is 18.2 Å². The molecule has 1 fully saturated rings. The van der Waals surface area contributed by atoms with Gasteiger partial charge in [0.1, 0.15) is 11.5 Å². The fourth-order valence-electron chi connectivity index (χ4n) is 2.99. The molecule has 0 unspecified atom stereocenters. The molecule has 0 aromatic heterocycles. The minimum Gasteiger partial charge on any atom is -0.497 e. The number of carbonyl (C=O) groups is 2. The topological polar surface area (TPSA) is 67.9 Å². The number of anilines is 1. The Kier molecular flexibility index (Phi) is 6.06. The Balaban J connectivity index is 2.14. The summed E-state index contributed by atoms with van der Waals surface area (Å²) in [4.78, 5) is 26.4. The van der Waals surface area contributed by atoms with Crippen LogP contribution in [0.5, 0.6) is 11.5 Å². The van der Waals surface area contributed by atoms with Gasteiger partial charge >= 0.3 is 0 Å². The Morgan fingerprint density at radius 2 is 2.12 bits per heavy atom. The monoisotopic (exact) mass is 334 g/mol. The third-order valence-corrected chi connectivity index (χ3v) is 4.28. The molecule has 1 N–H and O–H groups in total. The highest BCUT2D eigenvalue weighted by Crippen LogP contribution is 2.36. The molecule has 0 saturated carbocycles. The number of carbonyl (C=O) groups excluding carboxylic acids is 2. The molecule has 6 nitrogen and oxygen atoms in total. The van der Waals surface area contributed by atoms with Gasteiger partial charge in [0.25, 0.3) is 0 Å². The highest BCUT2D eigenvalue weighted by molar-refractivity contribution is 6.01. The zero-order valence-corrected chi connectivity index (χ0v) is 14.8. The van der Waals surface area contributed by atoms with Crippen LogP contribution in [0.2, 0.25) is 0 Å². The molecule has 6 heteroatoms. The van der Waals surface area contributed by atoms with Crippen molar-refractivity contribution in [1.29, 1.82) is 0 Å². The number of methoxy groups -OCH3 is 2. The first-order valence-electron chi connectivity index (χ1n) is 8.32. The quantitative estimate of drug-likeness (QED) is 0.831. The van der Waals surface area contributed by atoms with E-state index in [0.717, 1.165) is 12.8 Å². The number of hydrogen-bond donors (Lipinski definition) is 1. The highest BCUT2D eigenvalue weighted by atomic mass is 16.5. The molecular weight excluding hydrogens is 308 g/mol. The molecule has 24 heavy (non-hydrogen) atoms. The molecule has 1 aliphatic rings. The van der Waals surface area contributed by atoms with Gasteiger partial charge in [0.15, 0.2) is 0 Å². The number of hydrogen-bond acceptors (Lipinski definition) is 4. The zero-order chi connectivity index (χ0) is 17.7. The molecule has 1 aromatic carbocycles. The second-order valence-corrected chi connectivity index (χ2v) is 6.14. The van der Waals surface area contributed by atoms with Crippen molar-refractivity contribution in [3.05, 3.63) is 18.2 Å². The smallest absolute Gasteiger partial charge is 0.227 e. The fourth-order valence-corrected chi connectivity index (χ4v) is 2.99. The van der Waals surface area contributed by atoms with Gasteiger partial charge in [-0.25, -0.2) is 0 Å². The van der Waals surface area contributed by atoms with Crippen LogP contribution in [0.4, 0.5) is 5.69 Å². The Hall–Kier alpha value is -2.24. The molecule has 2 rings (SSSR count). The minimum atomic E-state index is -0.340. The largest absolute Gasteiger partial charge is 0.497 e. The van der Waals surface area contributed by atoms with Crippen LogP contribution in [0, 0.1) is 5.92 Å². The van der Waals surface area contributed by atoms with Crippen molar-refractivity contribution >= 4 is 17.5 Å². The summed E-state index contributed by atoms with van der Waals surface area (Å²) < 4.78 is 10.6. The average molecular weight is 334 g/mol. The maximum absolute atomic E-state index is 12.4. The number of nitrogens with one attached hydrogen (secondary N) is 1. The summed E-state index contributed by atoms with van der Waals surface area (Å²) in [6.07, 6.45) is 2.16. The van der Waals surface area contributed by atoms with E-state index in [1.165, 1.54) is 0 Å². The Morgan fingerprint density at radius 1 is 1.38 bits per heavy atom. The molecule has 1 heterocycles. The van der Waals surface area contributed by atoms with Gasteiger partial charge in [-0.05, 0) is 25.5 Å². The van der Waals surface area contributed by atoms with Gasteiger partial charge in [-0.3, -0.25) is 9.59 Å². The molecule has 0 bridgehead atoms. The summed E-state index contributed by atoms with van der Waals surface area (Å²) in [5.41, 5.74) is 0.638. The Bertz CT molecular complexity index is 603. The molecule has 1 aliphatic heterocycles. The van der Waals surface area contributed by atoms with Crippen LogP contribution < -0.4 is 19.7 Å². The third-order valence-electron chi connectivity index (χ3n) is 4.28. The minimum absolute atomic E-state index is 0.0614. The van der Waals surface area contributed by atoms with E-state index in [-0.39, 0.29) is 30.2 Å². The standard InChI is InChI=1S/C18H26N2O4/c1-5-6-12(2)19-18(22)13-9-17(21)20(11-13)15-10-14(23-3)7-8-16(15)24-4/h7-8,10,12-13H,5-6,9,11H2,1-4H3,(H,19,22)/t12-,13+/m0/s1. The predicted molar refractivity (Wildman–Crippen MR) is 92.5 cm³/mol. The van der Waals surface area contributed by atoms with Gasteiger partial charge in [0, 0.05) is 25.1 Å². The molecule has 0 spiro atoms. The molecular formula is C18H26N2O4. The molecule has 0 radical (unpaired) electrons. The second-order valence-electron chi connectivity index (χ2n) is 6.14. The number of rotatable bonds is 7. The van der Waals surface area contributed by atoms with Gasteiger partial charge in [-0.1, -0.05) is 13.3 Å². The van der Waals surface area contributed by atoms with Gasteiger partial charge in [-0.15, -0.1) is 0 Å². The van der Waals surface area contributed by atoms with Crippen molar-refractivity contribution < 1.29 is 19.1 Å². The Morgan fingerprint density at radius 3 is 2.75 bits per heavy atom. The van der Waals surface area contributed by atoms with E-state index in [4.69, 9.17) is 9.47 Å². The maximum Gasteiger partial charge on any atom is 0.227 e. The number of amides is 2. The average Bonchev–Trinajstić information content (AvgIpc) is 2.96. The van der Waals surface area contributed by atoms with Crippen molar-refractivity contribution in [1.82, 2.24) is 5.32 Å². The lowest BCUT2D eigenvalue weighted by Crippen LogP contribution is -2.38. The van der Waals surface area contributed by atoms with Crippen molar-refractivity contribution in [3.8, 4) is 11.5 Å². The van der Waals surface area contributed by atoms with Gasteiger partial charge < -0.3 is 19.7 Å². The lowest BCUT2D eigenvalue weighted by molar-refractivity contribution is -0.126. The second kappa shape index (κ2) is 8.04. The van der Waals surface area contributed by atoms with Crippen LogP contribution in [-0.4, -0.2) is 38.6 Å². The molecule has 1 saturated heterocycles. The zero-order valence-electron chi connectivity index (χ0n) is 14.8. The van der Waals surface area contributed by atoms with Crippen molar-refractivity contribution in [2.75, 3.05) is 25.7 Å². The summed E-state index contributed by atoms with van der Waals surface area (Å²) in [6, 6.07) is 5.42. The first-order valence-corrected chi connectivity index (χ1v) is 8.32. The third kappa shape index (κ3) is 3.99. The molecule has 2 amide bonds. The highest BCUT2D eigenvalue weighted by Gasteiger charge is 2.36. The van der Waals surface area contributed by atoms with Crippen molar-refractivity contribution in [2.45, 2.75) is 39.2 Å². The first-order chi connectivity index (χ1) is 11.5. The van der Waals surface area contributed by atoms with E-state index in [0.29, 0.717) is 23.7 Å². The van der Waals surface area contributed by atoms with E-state index in [1.807, 2.05) is 6.92 Å². The van der Waals surface area contributed by atoms with Crippen LogP contribution in [0.25, 0.3) is 0 Å².